The average molecular weight is 451 g/mol. The maximum absolute atomic E-state index is 11.9. The predicted molar refractivity (Wildman–Crippen MR) is 132 cm³/mol. The quantitative estimate of drug-likeness (QED) is 0.473. The first kappa shape index (κ1) is 20.4. The van der Waals surface area contributed by atoms with Crippen LogP contribution in [0.4, 0.5) is 22.2 Å². The van der Waals surface area contributed by atoms with Crippen molar-refractivity contribution in [2.24, 2.45) is 0 Å². The second kappa shape index (κ2) is 8.93. The summed E-state index contributed by atoms with van der Waals surface area (Å²) in [6, 6.07) is 15.1. The van der Waals surface area contributed by atoms with E-state index in [0.717, 1.165) is 32.7 Å². The lowest BCUT2D eigenvalue weighted by molar-refractivity contribution is -0.113. The molecule has 5 nitrogen and oxygen atoms in total. The standard InChI is InChI=1S/C24H26N4OS2/c1-28(17-10-6-3-7-11-17)21-13-22-19(25-23(29)15-30-22)12-18(21)26-24-27-20(14-31-24)16-8-4-2-5-9-16/h2,4-5,8-9,12-14,17H,3,6-7,10-11,15H2,1H3,(H,25,29)(H,26,27). The molecule has 0 bridgehead atoms. The summed E-state index contributed by atoms with van der Waals surface area (Å²) in [5.41, 5.74) is 5.12. The van der Waals surface area contributed by atoms with Gasteiger partial charge in [-0.2, -0.15) is 0 Å². The number of hydrogen-bond acceptors (Lipinski definition) is 6. The smallest absolute Gasteiger partial charge is 0.234 e. The van der Waals surface area contributed by atoms with Gasteiger partial charge in [-0.05, 0) is 25.0 Å². The summed E-state index contributed by atoms with van der Waals surface area (Å²) in [5, 5.41) is 9.52. The summed E-state index contributed by atoms with van der Waals surface area (Å²) in [4.78, 5) is 20.3. The Balaban J connectivity index is 1.48. The molecular formula is C24H26N4OS2. The molecule has 0 saturated heterocycles. The first-order chi connectivity index (χ1) is 15.2. The molecule has 2 N–H and O–H groups in total. The molecule has 3 aromatic rings. The lowest BCUT2D eigenvalue weighted by atomic mass is 9.94. The van der Waals surface area contributed by atoms with E-state index in [0.29, 0.717) is 11.8 Å². The molecule has 5 rings (SSSR count). The third-order valence-corrected chi connectivity index (χ3v) is 7.86. The summed E-state index contributed by atoms with van der Waals surface area (Å²) >= 11 is 3.21. The van der Waals surface area contributed by atoms with Crippen LogP contribution in [0.3, 0.4) is 0 Å². The molecule has 1 saturated carbocycles. The van der Waals surface area contributed by atoms with Gasteiger partial charge in [0.1, 0.15) is 0 Å². The van der Waals surface area contributed by atoms with Crippen molar-refractivity contribution in [2.75, 3.05) is 28.3 Å². The van der Waals surface area contributed by atoms with Crippen LogP contribution in [0.1, 0.15) is 32.1 Å². The number of carbonyl (C=O) groups is 1. The summed E-state index contributed by atoms with van der Waals surface area (Å²) in [6.45, 7) is 0. The predicted octanol–water partition coefficient (Wildman–Crippen LogP) is 6.37. The second-order valence-corrected chi connectivity index (χ2v) is 10.0. The fraction of sp³-hybridized carbons (Fsp3) is 0.333. The van der Waals surface area contributed by atoms with Crippen molar-refractivity contribution in [3.63, 3.8) is 0 Å². The maximum Gasteiger partial charge on any atom is 0.234 e. The van der Waals surface area contributed by atoms with Gasteiger partial charge < -0.3 is 15.5 Å². The fourth-order valence-corrected chi connectivity index (χ4v) is 5.91. The zero-order valence-corrected chi connectivity index (χ0v) is 19.2. The van der Waals surface area contributed by atoms with Crippen LogP contribution in [0.5, 0.6) is 0 Å². The molecule has 1 aromatic heterocycles. The van der Waals surface area contributed by atoms with E-state index in [1.165, 1.54) is 37.8 Å². The number of thioether (sulfide) groups is 1. The molecule has 7 heteroatoms. The van der Waals surface area contributed by atoms with E-state index in [9.17, 15) is 4.79 Å². The number of nitrogens with one attached hydrogen (secondary N) is 2. The molecule has 1 aliphatic heterocycles. The van der Waals surface area contributed by atoms with Crippen LogP contribution < -0.4 is 15.5 Å². The van der Waals surface area contributed by atoms with E-state index < -0.39 is 0 Å². The Morgan fingerprint density at radius 2 is 1.94 bits per heavy atom. The first-order valence-electron chi connectivity index (χ1n) is 10.8. The second-order valence-electron chi connectivity index (χ2n) is 8.13. The van der Waals surface area contributed by atoms with Gasteiger partial charge in [-0.15, -0.1) is 23.1 Å². The lowest BCUT2D eigenvalue weighted by Gasteiger charge is -2.35. The van der Waals surface area contributed by atoms with Crippen LogP contribution in [0.25, 0.3) is 11.3 Å². The van der Waals surface area contributed by atoms with Crippen LogP contribution in [-0.4, -0.2) is 29.7 Å². The van der Waals surface area contributed by atoms with Gasteiger partial charge >= 0.3 is 0 Å². The molecule has 2 heterocycles. The maximum atomic E-state index is 11.9. The molecule has 2 aliphatic rings. The van der Waals surface area contributed by atoms with Crippen LogP contribution in [0, 0.1) is 0 Å². The molecular weight excluding hydrogens is 424 g/mol. The van der Waals surface area contributed by atoms with E-state index in [-0.39, 0.29) is 5.91 Å². The summed E-state index contributed by atoms with van der Waals surface area (Å²) in [6.07, 6.45) is 6.38. The van der Waals surface area contributed by atoms with E-state index in [1.54, 1.807) is 23.1 Å². The molecule has 0 unspecified atom stereocenters. The zero-order valence-electron chi connectivity index (χ0n) is 17.6. The number of anilines is 4. The number of benzene rings is 2. The highest BCUT2D eigenvalue weighted by molar-refractivity contribution is 8.00. The number of hydrogen-bond donors (Lipinski definition) is 2. The Labute approximate surface area is 191 Å². The summed E-state index contributed by atoms with van der Waals surface area (Å²) < 4.78 is 0. The van der Waals surface area contributed by atoms with Gasteiger partial charge in [0.25, 0.3) is 0 Å². The highest BCUT2D eigenvalue weighted by Gasteiger charge is 2.24. The van der Waals surface area contributed by atoms with Gasteiger partial charge in [0.2, 0.25) is 5.91 Å². The number of thiazole rings is 1. The van der Waals surface area contributed by atoms with Crippen LogP contribution in [0.15, 0.2) is 52.7 Å². The van der Waals surface area contributed by atoms with Gasteiger partial charge in [0.05, 0.1) is 28.5 Å². The number of aromatic nitrogens is 1. The third kappa shape index (κ3) is 4.43. The highest BCUT2D eigenvalue weighted by Crippen LogP contribution is 2.42. The van der Waals surface area contributed by atoms with Crippen molar-refractivity contribution in [1.82, 2.24) is 4.98 Å². The zero-order chi connectivity index (χ0) is 21.2. The van der Waals surface area contributed by atoms with Crippen LogP contribution in [-0.2, 0) is 4.79 Å². The van der Waals surface area contributed by atoms with Crippen molar-refractivity contribution in [3.05, 3.63) is 47.8 Å². The SMILES string of the molecule is CN(c1cc2c(cc1Nc1nc(-c3ccccc3)cs1)NC(=O)CS2)C1CCCCC1. The Morgan fingerprint density at radius 3 is 2.74 bits per heavy atom. The van der Waals surface area contributed by atoms with Crippen molar-refractivity contribution in [2.45, 2.75) is 43.0 Å². The summed E-state index contributed by atoms with van der Waals surface area (Å²) in [7, 11) is 2.20. The molecule has 1 fully saturated rings. The normalized spacial score (nSPS) is 16.5. The van der Waals surface area contributed by atoms with E-state index in [1.807, 2.05) is 18.2 Å². The Hall–Kier alpha value is -2.51. The van der Waals surface area contributed by atoms with Gasteiger partial charge in [-0.3, -0.25) is 4.79 Å². The number of nitrogens with zero attached hydrogens (tertiary/aromatic N) is 2. The Kier molecular flexibility index (Phi) is 5.87. The van der Waals surface area contributed by atoms with E-state index >= 15 is 0 Å². The highest BCUT2D eigenvalue weighted by atomic mass is 32.2. The van der Waals surface area contributed by atoms with Gasteiger partial charge in [0.15, 0.2) is 5.13 Å². The van der Waals surface area contributed by atoms with Crippen molar-refractivity contribution in [1.29, 1.82) is 0 Å². The van der Waals surface area contributed by atoms with Crippen LogP contribution in [0.2, 0.25) is 0 Å². The average Bonchev–Trinajstić information content (AvgIpc) is 3.28. The number of fused-ring (bicyclic) bond motifs is 1. The molecule has 0 spiro atoms. The van der Waals surface area contributed by atoms with Crippen molar-refractivity contribution < 1.29 is 4.79 Å². The molecule has 31 heavy (non-hydrogen) atoms. The monoisotopic (exact) mass is 450 g/mol. The van der Waals surface area contributed by atoms with Gasteiger partial charge in [0, 0.05) is 28.9 Å². The molecule has 160 valence electrons. The summed E-state index contributed by atoms with van der Waals surface area (Å²) in [5.74, 6) is 0.525. The first-order valence-corrected chi connectivity index (χ1v) is 12.7. The Bertz CT molecular complexity index is 1080. The van der Waals surface area contributed by atoms with Gasteiger partial charge in [-0.25, -0.2) is 4.98 Å². The van der Waals surface area contributed by atoms with Gasteiger partial charge in [-0.1, -0.05) is 49.6 Å². The molecule has 1 aliphatic carbocycles. The fourth-order valence-electron chi connectivity index (χ4n) is 4.36. The third-order valence-electron chi connectivity index (χ3n) is 6.05. The van der Waals surface area contributed by atoms with Crippen LogP contribution >= 0.6 is 23.1 Å². The number of carbonyl (C=O) groups excluding carboxylic acids is 1. The molecule has 1 amide bonds. The molecule has 0 atom stereocenters. The lowest BCUT2D eigenvalue weighted by Crippen LogP contribution is -2.34. The number of rotatable bonds is 5. The van der Waals surface area contributed by atoms with Crippen molar-refractivity contribution in [3.8, 4) is 11.3 Å². The largest absolute Gasteiger partial charge is 0.370 e. The van der Waals surface area contributed by atoms with E-state index in [2.05, 4.69) is 52.2 Å². The van der Waals surface area contributed by atoms with E-state index in [4.69, 9.17) is 4.98 Å². The minimum atomic E-state index is 0.0532. The Morgan fingerprint density at radius 1 is 1.13 bits per heavy atom. The molecule has 2 aromatic carbocycles. The topological polar surface area (TPSA) is 57.3 Å². The number of amides is 1. The molecule has 0 radical (unpaired) electrons. The minimum absolute atomic E-state index is 0.0532. The van der Waals surface area contributed by atoms with Crippen molar-refractivity contribution >= 4 is 51.2 Å². The minimum Gasteiger partial charge on any atom is -0.370 e.